The molecule has 3 rings (SSSR count). The highest BCUT2D eigenvalue weighted by molar-refractivity contribution is 7.11. The third-order valence-electron chi connectivity index (χ3n) is 3.90. The van der Waals surface area contributed by atoms with E-state index in [4.69, 9.17) is 4.74 Å². The Bertz CT molecular complexity index is 744. The van der Waals surface area contributed by atoms with Gasteiger partial charge in [0, 0.05) is 19.8 Å². The van der Waals surface area contributed by atoms with Crippen LogP contribution in [0.25, 0.3) is 0 Å². The topological polar surface area (TPSA) is 84.4 Å². The molecular weight excluding hydrogens is 328 g/mol. The lowest BCUT2D eigenvalue weighted by Crippen LogP contribution is -2.42. The number of hydrogen-bond acceptors (Lipinski definition) is 6. The number of carbonyl (C=O) groups is 2. The monoisotopic (exact) mass is 346 g/mol. The fourth-order valence-corrected chi connectivity index (χ4v) is 3.31. The average Bonchev–Trinajstić information content (AvgIpc) is 3.06. The molecule has 1 fully saturated rings. The molecule has 24 heavy (non-hydrogen) atoms. The van der Waals surface area contributed by atoms with Crippen LogP contribution in [0.15, 0.2) is 23.8 Å². The summed E-state index contributed by atoms with van der Waals surface area (Å²) < 4.78 is 5.75. The molecule has 0 bridgehead atoms. The molecule has 126 valence electrons. The second-order valence-electron chi connectivity index (χ2n) is 5.43. The van der Waals surface area contributed by atoms with Crippen LogP contribution in [0.4, 0.5) is 0 Å². The van der Waals surface area contributed by atoms with E-state index >= 15 is 0 Å². The second-order valence-corrected chi connectivity index (χ2v) is 6.28. The lowest BCUT2D eigenvalue weighted by atomic mass is 10.1. The molecule has 0 aliphatic carbocycles. The second kappa shape index (κ2) is 7.06. The first kappa shape index (κ1) is 16.5. The zero-order valence-electron chi connectivity index (χ0n) is 13.5. The van der Waals surface area contributed by atoms with Crippen molar-refractivity contribution in [3.05, 3.63) is 45.7 Å². The molecule has 2 aromatic heterocycles. The maximum atomic E-state index is 12.6. The number of nitrogens with one attached hydrogen (secondary N) is 1. The zero-order valence-corrected chi connectivity index (χ0v) is 14.3. The number of aromatic nitrogens is 2. The molecule has 3 heterocycles. The Morgan fingerprint density at radius 2 is 2.21 bits per heavy atom. The number of thiazole rings is 1. The normalized spacial score (nSPS) is 17.6. The van der Waals surface area contributed by atoms with Gasteiger partial charge in [-0.1, -0.05) is 0 Å². The van der Waals surface area contributed by atoms with Gasteiger partial charge in [0.1, 0.15) is 11.0 Å². The molecule has 1 atom stereocenters. The highest BCUT2D eigenvalue weighted by Crippen LogP contribution is 2.23. The van der Waals surface area contributed by atoms with Crippen molar-refractivity contribution in [1.82, 2.24) is 20.2 Å². The Balaban J connectivity index is 1.72. The number of carbonyl (C=O) groups excluding carboxylic acids is 2. The van der Waals surface area contributed by atoms with Crippen molar-refractivity contribution >= 4 is 23.2 Å². The Kier molecular flexibility index (Phi) is 4.86. The Hall–Kier alpha value is -2.32. The first-order valence-electron chi connectivity index (χ1n) is 7.59. The maximum absolute atomic E-state index is 12.6. The lowest BCUT2D eigenvalue weighted by Gasteiger charge is -2.32. The molecule has 7 nitrogen and oxygen atoms in total. The van der Waals surface area contributed by atoms with Crippen LogP contribution >= 0.6 is 11.3 Å². The fourth-order valence-electron chi connectivity index (χ4n) is 2.54. The minimum absolute atomic E-state index is 0.0229. The quantitative estimate of drug-likeness (QED) is 0.909. The SMILES string of the molecule is CNC(=O)c1ccc(C2CN(C(=O)c3scnc3C)CCO2)nc1. The number of ether oxygens (including phenoxy) is 1. The van der Waals surface area contributed by atoms with Gasteiger partial charge in [0.25, 0.3) is 11.8 Å². The number of nitrogens with zero attached hydrogens (tertiary/aromatic N) is 3. The van der Waals surface area contributed by atoms with E-state index in [0.29, 0.717) is 35.8 Å². The van der Waals surface area contributed by atoms with E-state index < -0.39 is 0 Å². The first-order chi connectivity index (χ1) is 11.6. The van der Waals surface area contributed by atoms with E-state index in [9.17, 15) is 9.59 Å². The summed E-state index contributed by atoms with van der Waals surface area (Å²) in [5.74, 6) is -0.207. The van der Waals surface area contributed by atoms with Crippen LogP contribution in [0.5, 0.6) is 0 Å². The largest absolute Gasteiger partial charge is 0.368 e. The summed E-state index contributed by atoms with van der Waals surface area (Å²) in [6, 6.07) is 3.47. The van der Waals surface area contributed by atoms with Crippen molar-refractivity contribution in [2.24, 2.45) is 0 Å². The van der Waals surface area contributed by atoms with Crippen LogP contribution in [0.2, 0.25) is 0 Å². The summed E-state index contributed by atoms with van der Waals surface area (Å²) in [6.45, 7) is 3.26. The van der Waals surface area contributed by atoms with Crippen molar-refractivity contribution in [2.75, 3.05) is 26.7 Å². The summed E-state index contributed by atoms with van der Waals surface area (Å²) in [6.07, 6.45) is 1.22. The smallest absolute Gasteiger partial charge is 0.266 e. The highest BCUT2D eigenvalue weighted by atomic mass is 32.1. The molecule has 1 unspecified atom stereocenters. The van der Waals surface area contributed by atoms with Crippen molar-refractivity contribution in [3.8, 4) is 0 Å². The van der Waals surface area contributed by atoms with Gasteiger partial charge in [0.05, 0.1) is 35.6 Å². The highest BCUT2D eigenvalue weighted by Gasteiger charge is 2.28. The van der Waals surface area contributed by atoms with Gasteiger partial charge in [-0.05, 0) is 19.1 Å². The van der Waals surface area contributed by atoms with Crippen molar-refractivity contribution < 1.29 is 14.3 Å². The number of hydrogen-bond donors (Lipinski definition) is 1. The molecule has 0 aromatic carbocycles. The summed E-state index contributed by atoms with van der Waals surface area (Å²) in [7, 11) is 1.57. The van der Waals surface area contributed by atoms with E-state index in [0.717, 1.165) is 5.69 Å². The van der Waals surface area contributed by atoms with Gasteiger partial charge in [0.2, 0.25) is 0 Å². The number of aryl methyl sites for hydroxylation is 1. The molecular formula is C16H18N4O3S. The predicted octanol–water partition coefficient (Wildman–Crippen LogP) is 1.42. The van der Waals surface area contributed by atoms with E-state index in [1.807, 2.05) is 6.92 Å². The van der Waals surface area contributed by atoms with E-state index in [-0.39, 0.29) is 17.9 Å². The van der Waals surface area contributed by atoms with Gasteiger partial charge in [-0.15, -0.1) is 11.3 Å². The predicted molar refractivity (Wildman–Crippen MR) is 89.1 cm³/mol. The van der Waals surface area contributed by atoms with Crippen LogP contribution in [0.3, 0.4) is 0 Å². The first-order valence-corrected chi connectivity index (χ1v) is 8.47. The Labute approximate surface area is 143 Å². The molecule has 1 aliphatic heterocycles. The Morgan fingerprint density at radius 1 is 1.38 bits per heavy atom. The van der Waals surface area contributed by atoms with Crippen molar-refractivity contribution in [2.45, 2.75) is 13.0 Å². The lowest BCUT2D eigenvalue weighted by molar-refractivity contribution is -0.0246. The molecule has 2 aromatic rings. The number of pyridine rings is 1. The molecule has 2 amide bonds. The van der Waals surface area contributed by atoms with E-state index in [1.165, 1.54) is 17.5 Å². The van der Waals surface area contributed by atoms with E-state index in [2.05, 4.69) is 15.3 Å². The fraction of sp³-hybridized carbons (Fsp3) is 0.375. The number of morpholine rings is 1. The van der Waals surface area contributed by atoms with Gasteiger partial charge in [-0.2, -0.15) is 0 Å². The van der Waals surface area contributed by atoms with Crippen LogP contribution in [0, 0.1) is 6.92 Å². The summed E-state index contributed by atoms with van der Waals surface area (Å²) in [4.78, 5) is 35.1. The van der Waals surface area contributed by atoms with E-state index in [1.54, 1.807) is 29.6 Å². The molecule has 1 N–H and O–H groups in total. The minimum atomic E-state index is -0.297. The third kappa shape index (κ3) is 3.29. The van der Waals surface area contributed by atoms with Gasteiger partial charge in [-0.25, -0.2) is 4.98 Å². The summed E-state index contributed by atoms with van der Waals surface area (Å²) in [5, 5.41) is 2.56. The third-order valence-corrected chi connectivity index (χ3v) is 4.82. The molecule has 1 saturated heterocycles. The average molecular weight is 346 g/mol. The minimum Gasteiger partial charge on any atom is -0.368 e. The Morgan fingerprint density at radius 3 is 2.83 bits per heavy atom. The van der Waals surface area contributed by atoms with Crippen molar-refractivity contribution in [1.29, 1.82) is 0 Å². The molecule has 0 saturated carbocycles. The number of rotatable bonds is 3. The summed E-state index contributed by atoms with van der Waals surface area (Å²) >= 11 is 1.35. The van der Waals surface area contributed by atoms with Gasteiger partial charge in [0.15, 0.2) is 0 Å². The van der Waals surface area contributed by atoms with Gasteiger partial charge in [-0.3, -0.25) is 14.6 Å². The number of amides is 2. The molecule has 0 spiro atoms. The molecule has 0 radical (unpaired) electrons. The molecule has 1 aliphatic rings. The van der Waals surface area contributed by atoms with Crippen LogP contribution in [0.1, 0.15) is 37.5 Å². The van der Waals surface area contributed by atoms with Crippen LogP contribution in [-0.4, -0.2) is 53.4 Å². The molecule has 8 heteroatoms. The zero-order chi connectivity index (χ0) is 17.1. The summed E-state index contributed by atoms with van der Waals surface area (Å²) in [5.41, 5.74) is 3.63. The van der Waals surface area contributed by atoms with Crippen LogP contribution in [-0.2, 0) is 4.74 Å². The van der Waals surface area contributed by atoms with Crippen molar-refractivity contribution in [3.63, 3.8) is 0 Å². The van der Waals surface area contributed by atoms with Crippen LogP contribution < -0.4 is 5.32 Å². The standard InChI is InChI=1S/C16H18N4O3S/c1-10-14(24-9-19-10)16(22)20-5-6-23-13(8-20)12-4-3-11(7-18-12)15(21)17-2/h3-4,7,9,13H,5-6,8H2,1-2H3,(H,17,21). The van der Waals surface area contributed by atoms with Gasteiger partial charge >= 0.3 is 0 Å². The maximum Gasteiger partial charge on any atom is 0.266 e. The van der Waals surface area contributed by atoms with Gasteiger partial charge < -0.3 is 15.0 Å².